The summed E-state index contributed by atoms with van der Waals surface area (Å²) in [6, 6.07) is 11.2. The number of nitrogens with zero attached hydrogens (tertiary/aromatic N) is 3. The third kappa shape index (κ3) is 5.05. The Hall–Kier alpha value is -2.40. The summed E-state index contributed by atoms with van der Waals surface area (Å²) in [7, 11) is 0. The first-order valence-electron chi connectivity index (χ1n) is 9.51. The number of unbranched alkanes of at least 4 members (excludes halogenated alkanes) is 1. The van der Waals surface area contributed by atoms with E-state index in [1.54, 1.807) is 0 Å². The second-order valence-corrected chi connectivity index (χ2v) is 7.09. The highest BCUT2D eigenvalue weighted by Gasteiger charge is 2.07. The summed E-state index contributed by atoms with van der Waals surface area (Å²) < 4.78 is 1.95. The average molecular weight is 351 g/mol. The first kappa shape index (κ1) is 18.4. The predicted molar refractivity (Wildman–Crippen MR) is 106 cm³/mol. The SMILES string of the molecule is CCCCc1ccc(-n2cc(CNC(C)Cc3cc(C)[nH]n3)cn2)cc1. The molecular weight excluding hydrogens is 322 g/mol. The summed E-state index contributed by atoms with van der Waals surface area (Å²) in [6.07, 6.45) is 8.57. The Labute approximate surface area is 155 Å². The van der Waals surface area contributed by atoms with E-state index in [0.717, 1.165) is 36.5 Å². The highest BCUT2D eigenvalue weighted by Crippen LogP contribution is 2.12. The number of aromatic amines is 1. The fourth-order valence-electron chi connectivity index (χ4n) is 3.05. The van der Waals surface area contributed by atoms with Crippen LogP contribution in [0.15, 0.2) is 42.7 Å². The average Bonchev–Trinajstić information content (AvgIpc) is 3.28. The van der Waals surface area contributed by atoms with Crippen LogP contribution in [-0.4, -0.2) is 26.0 Å². The molecule has 26 heavy (non-hydrogen) atoms. The number of nitrogens with one attached hydrogen (secondary N) is 2. The van der Waals surface area contributed by atoms with Crippen molar-refractivity contribution in [2.24, 2.45) is 0 Å². The Bertz CT molecular complexity index is 800. The van der Waals surface area contributed by atoms with Crippen LogP contribution in [0.4, 0.5) is 0 Å². The van der Waals surface area contributed by atoms with Gasteiger partial charge in [-0.1, -0.05) is 25.5 Å². The third-order valence-corrected chi connectivity index (χ3v) is 4.58. The maximum Gasteiger partial charge on any atom is 0.0645 e. The summed E-state index contributed by atoms with van der Waals surface area (Å²) in [5, 5.41) is 15.3. The van der Waals surface area contributed by atoms with E-state index in [4.69, 9.17) is 0 Å². The van der Waals surface area contributed by atoms with Gasteiger partial charge in [-0.3, -0.25) is 5.10 Å². The van der Waals surface area contributed by atoms with Gasteiger partial charge < -0.3 is 5.32 Å². The van der Waals surface area contributed by atoms with E-state index in [0.29, 0.717) is 6.04 Å². The Balaban J connectivity index is 1.52. The summed E-state index contributed by atoms with van der Waals surface area (Å²) in [6.45, 7) is 7.24. The maximum atomic E-state index is 4.50. The molecule has 0 amide bonds. The molecule has 0 bridgehead atoms. The Morgan fingerprint density at radius 2 is 2.00 bits per heavy atom. The van der Waals surface area contributed by atoms with Crippen molar-refractivity contribution in [2.75, 3.05) is 0 Å². The summed E-state index contributed by atoms with van der Waals surface area (Å²) in [5.74, 6) is 0. The van der Waals surface area contributed by atoms with Gasteiger partial charge in [0.2, 0.25) is 0 Å². The molecule has 1 atom stereocenters. The number of rotatable bonds is 9. The summed E-state index contributed by atoms with van der Waals surface area (Å²) >= 11 is 0. The largest absolute Gasteiger partial charge is 0.310 e. The highest BCUT2D eigenvalue weighted by molar-refractivity contribution is 5.34. The van der Waals surface area contributed by atoms with Crippen molar-refractivity contribution in [3.05, 3.63) is 65.2 Å². The lowest BCUT2D eigenvalue weighted by Crippen LogP contribution is -2.27. The predicted octanol–water partition coefficient (Wildman–Crippen LogP) is 3.97. The van der Waals surface area contributed by atoms with E-state index in [2.05, 4.69) is 71.0 Å². The van der Waals surface area contributed by atoms with Gasteiger partial charge in [0.25, 0.3) is 0 Å². The molecule has 0 radical (unpaired) electrons. The lowest BCUT2D eigenvalue weighted by molar-refractivity contribution is 0.540. The summed E-state index contributed by atoms with van der Waals surface area (Å²) in [4.78, 5) is 0. The van der Waals surface area contributed by atoms with Crippen LogP contribution in [0, 0.1) is 6.92 Å². The monoisotopic (exact) mass is 351 g/mol. The first-order valence-corrected chi connectivity index (χ1v) is 9.51. The molecule has 0 saturated heterocycles. The van der Waals surface area contributed by atoms with E-state index in [1.165, 1.54) is 24.0 Å². The number of H-pyrrole nitrogens is 1. The minimum atomic E-state index is 0.360. The first-order chi connectivity index (χ1) is 12.6. The molecule has 0 aliphatic carbocycles. The quantitative estimate of drug-likeness (QED) is 0.613. The van der Waals surface area contributed by atoms with Crippen LogP contribution in [0.3, 0.4) is 0 Å². The minimum Gasteiger partial charge on any atom is -0.310 e. The molecule has 0 aliphatic heterocycles. The van der Waals surface area contributed by atoms with Gasteiger partial charge in [0.15, 0.2) is 0 Å². The second-order valence-electron chi connectivity index (χ2n) is 7.09. The molecule has 2 heterocycles. The van der Waals surface area contributed by atoms with Crippen LogP contribution < -0.4 is 5.32 Å². The van der Waals surface area contributed by atoms with Gasteiger partial charge in [-0.2, -0.15) is 10.2 Å². The van der Waals surface area contributed by atoms with Crippen LogP contribution in [0.1, 0.15) is 49.2 Å². The van der Waals surface area contributed by atoms with Crippen molar-refractivity contribution in [3.8, 4) is 5.69 Å². The van der Waals surface area contributed by atoms with E-state index in [-0.39, 0.29) is 0 Å². The number of hydrogen-bond acceptors (Lipinski definition) is 3. The van der Waals surface area contributed by atoms with Crippen LogP contribution in [0.25, 0.3) is 5.69 Å². The number of benzene rings is 1. The molecule has 1 unspecified atom stereocenters. The topological polar surface area (TPSA) is 58.5 Å². The Morgan fingerprint density at radius 3 is 2.69 bits per heavy atom. The molecule has 138 valence electrons. The zero-order valence-corrected chi connectivity index (χ0v) is 16.0. The fraction of sp³-hybridized carbons (Fsp3) is 0.429. The Kier molecular flexibility index (Phi) is 6.23. The number of hydrogen-bond donors (Lipinski definition) is 2. The highest BCUT2D eigenvalue weighted by atomic mass is 15.3. The molecule has 0 saturated carbocycles. The molecular formula is C21H29N5. The molecule has 2 aromatic heterocycles. The van der Waals surface area contributed by atoms with Crippen LogP contribution in [0.5, 0.6) is 0 Å². The van der Waals surface area contributed by atoms with Crippen molar-refractivity contribution < 1.29 is 0 Å². The zero-order chi connectivity index (χ0) is 18.4. The second kappa shape index (κ2) is 8.81. The smallest absolute Gasteiger partial charge is 0.0645 e. The maximum absolute atomic E-state index is 4.50. The van der Waals surface area contributed by atoms with Crippen molar-refractivity contribution >= 4 is 0 Å². The van der Waals surface area contributed by atoms with Gasteiger partial charge in [0, 0.05) is 36.5 Å². The standard InChI is InChI=1S/C21H29N5/c1-4-5-6-18-7-9-21(10-8-18)26-15-19(14-23-26)13-22-16(2)11-20-12-17(3)24-25-20/h7-10,12,14-16,22H,4-6,11,13H2,1-3H3,(H,24,25). The fourth-order valence-corrected chi connectivity index (χ4v) is 3.05. The van der Waals surface area contributed by atoms with Crippen LogP contribution in [-0.2, 0) is 19.4 Å². The van der Waals surface area contributed by atoms with Gasteiger partial charge in [-0.15, -0.1) is 0 Å². The van der Waals surface area contributed by atoms with Crippen molar-refractivity contribution in [3.63, 3.8) is 0 Å². The molecule has 1 aromatic carbocycles. The van der Waals surface area contributed by atoms with Gasteiger partial charge in [-0.05, 0) is 50.5 Å². The van der Waals surface area contributed by atoms with Gasteiger partial charge in [0.05, 0.1) is 17.6 Å². The van der Waals surface area contributed by atoms with Crippen LogP contribution >= 0.6 is 0 Å². The van der Waals surface area contributed by atoms with Crippen molar-refractivity contribution in [1.82, 2.24) is 25.3 Å². The van der Waals surface area contributed by atoms with Gasteiger partial charge in [-0.25, -0.2) is 4.68 Å². The molecule has 0 aliphatic rings. The molecule has 3 aromatic rings. The molecule has 0 fully saturated rings. The third-order valence-electron chi connectivity index (χ3n) is 4.58. The lowest BCUT2D eigenvalue weighted by Gasteiger charge is -2.11. The number of aromatic nitrogens is 4. The zero-order valence-electron chi connectivity index (χ0n) is 16.0. The molecule has 5 nitrogen and oxygen atoms in total. The number of aryl methyl sites for hydroxylation is 2. The van der Waals surface area contributed by atoms with Gasteiger partial charge >= 0.3 is 0 Å². The minimum absolute atomic E-state index is 0.360. The molecule has 0 spiro atoms. The van der Waals surface area contributed by atoms with E-state index in [1.807, 2.05) is 17.8 Å². The van der Waals surface area contributed by atoms with E-state index >= 15 is 0 Å². The van der Waals surface area contributed by atoms with E-state index < -0.39 is 0 Å². The van der Waals surface area contributed by atoms with Crippen LogP contribution in [0.2, 0.25) is 0 Å². The van der Waals surface area contributed by atoms with Crippen molar-refractivity contribution in [2.45, 2.75) is 59.0 Å². The lowest BCUT2D eigenvalue weighted by atomic mass is 10.1. The molecule has 3 rings (SSSR count). The molecule has 2 N–H and O–H groups in total. The molecule has 5 heteroatoms. The van der Waals surface area contributed by atoms with Gasteiger partial charge in [0.1, 0.15) is 0 Å². The Morgan fingerprint density at radius 1 is 1.19 bits per heavy atom. The normalized spacial score (nSPS) is 12.4. The summed E-state index contributed by atoms with van der Waals surface area (Å²) in [5.41, 5.74) is 5.89. The van der Waals surface area contributed by atoms with Crippen molar-refractivity contribution in [1.29, 1.82) is 0 Å². The van der Waals surface area contributed by atoms with E-state index in [9.17, 15) is 0 Å².